The highest BCUT2D eigenvalue weighted by molar-refractivity contribution is 7.85. The summed E-state index contributed by atoms with van der Waals surface area (Å²) >= 11 is 0. The van der Waals surface area contributed by atoms with E-state index < -0.39 is 22.2 Å². The molecule has 6 fully saturated rings. The number of carbonyl (C=O) groups excluding carboxylic acids is 7. The summed E-state index contributed by atoms with van der Waals surface area (Å²) in [6, 6.07) is 66.0. The minimum atomic E-state index is -4.00. The quantitative estimate of drug-likeness (QED) is 0.0335. The molecule has 0 radical (unpaired) electrons. The maximum Gasteiger partial charge on any atom is 0.294 e. The molecule has 2 aliphatic carbocycles. The van der Waals surface area contributed by atoms with E-state index in [1.807, 2.05) is 48.5 Å². The fourth-order valence-electron chi connectivity index (χ4n) is 20.2. The van der Waals surface area contributed by atoms with Gasteiger partial charge in [0.05, 0.1) is 4.90 Å². The molecule has 10 aliphatic rings. The molecule has 0 unspecified atom stereocenters. The summed E-state index contributed by atoms with van der Waals surface area (Å²) in [5.41, 5.74) is 21.5. The van der Waals surface area contributed by atoms with Gasteiger partial charge in [0.1, 0.15) is 29.9 Å². The highest BCUT2D eigenvalue weighted by Gasteiger charge is 2.43. The van der Waals surface area contributed by atoms with E-state index in [0.717, 1.165) is 152 Å². The summed E-state index contributed by atoms with van der Waals surface area (Å²) in [7, 11) is -4.00. The van der Waals surface area contributed by atoms with Crippen molar-refractivity contribution >= 4 is 74.6 Å². The van der Waals surface area contributed by atoms with E-state index in [2.05, 4.69) is 176 Å². The molecule has 6 atom stereocenters. The first-order chi connectivity index (χ1) is 58.7. The number of fused-ring (bicyclic) bond motifs is 4. The monoisotopic (exact) mass is 1650 g/mol. The molecule has 9 aromatic rings. The number of benzene rings is 9. The van der Waals surface area contributed by atoms with Crippen molar-refractivity contribution in [2.45, 2.75) is 145 Å². The molecule has 23 heteroatoms. The standard InChI is InChI=1S/C46H51N5O4.C29H31NO2.C17H20N4O3.C6H6O3S/c1-30-25-34(44-38(32-5-3-2-4-6-32)11-7-33-27-37(52)10-13-39(33)44)8-14-41(30)50-19-17-31(18-20-50)28-48-21-23-49(24-22-48)36-9-12-40-35(26-36)29-51(46(40)55)42-15-16-43(53)47-45(42)54;1-20-17-24(8-12-28(20)30-15-13-21(19-31)14-16-30)29-26(22-5-3-2-4-6-22)10-7-23-18-25(32)9-11-27(23)29;22-15-4-3-14(16(23)19-15)21-10-11-9-12(1-2-13(11)17(21)24)20-7-5-18-6-8-20;7-10(8,9)6-4-2-1-3-5-6/h2-6,8-10,12-14,25-27,31,38,42,44,52H,7,11,15-24,28-29H2,1H3,(H,47,53,54);2-6,8-9,11-12,17-19,21,26,29,32H,7,10,13-16H2,1H3;1-2,9,14,18H,3-8,10H2,(H,19,22,23);1-5H,(H,7,8,9)/t38-,42+,44+;26-,29+;14-;/m110./s1. The first-order valence-corrected chi connectivity index (χ1v) is 44.5. The fraction of sp³-hybridized carbons (Fsp3) is 0.378. The van der Waals surface area contributed by atoms with E-state index in [9.17, 15) is 52.2 Å². The molecular formula is C98H108N10O12S. The molecule has 628 valence electrons. The topological polar surface area (TPSA) is 273 Å². The molecule has 6 amide bonds. The number of hydrogen-bond donors (Lipinski definition) is 6. The Morgan fingerprint density at radius 3 is 1.28 bits per heavy atom. The van der Waals surface area contributed by atoms with Crippen LogP contribution < -0.4 is 35.6 Å². The third-order valence-electron chi connectivity index (χ3n) is 26.6. The van der Waals surface area contributed by atoms with E-state index in [1.54, 1.807) is 28.0 Å². The third-order valence-corrected chi connectivity index (χ3v) is 27.5. The van der Waals surface area contributed by atoms with Crippen LogP contribution in [0.25, 0.3) is 0 Å². The number of hydrogen-bond acceptors (Lipinski definition) is 17. The van der Waals surface area contributed by atoms with Gasteiger partial charge in [0.25, 0.3) is 21.9 Å². The molecule has 0 bridgehead atoms. The second kappa shape index (κ2) is 36.8. The highest BCUT2D eigenvalue weighted by atomic mass is 32.2. The third kappa shape index (κ3) is 18.7. The number of aldehydes is 1. The van der Waals surface area contributed by atoms with Crippen molar-refractivity contribution in [2.24, 2.45) is 11.8 Å². The number of aromatic hydroxyl groups is 2. The number of nitrogens with zero attached hydrogens (tertiary/aromatic N) is 7. The second-order valence-corrected chi connectivity index (χ2v) is 35.5. The average molecular weight is 1650 g/mol. The zero-order valence-corrected chi connectivity index (χ0v) is 69.7. The Morgan fingerprint density at radius 2 is 0.860 bits per heavy atom. The van der Waals surface area contributed by atoms with Crippen LogP contribution in [0.5, 0.6) is 11.5 Å². The van der Waals surface area contributed by atoms with Gasteiger partial charge in [-0.3, -0.25) is 48.9 Å². The van der Waals surface area contributed by atoms with Crippen molar-refractivity contribution in [2.75, 3.05) is 105 Å². The zero-order chi connectivity index (χ0) is 84.0. The van der Waals surface area contributed by atoms with E-state index in [-0.39, 0.29) is 70.9 Å². The van der Waals surface area contributed by atoms with Crippen LogP contribution in [0.2, 0.25) is 0 Å². The molecule has 9 aromatic carbocycles. The predicted octanol–water partition coefficient (Wildman–Crippen LogP) is 13.1. The predicted molar refractivity (Wildman–Crippen MR) is 468 cm³/mol. The number of phenols is 2. The van der Waals surface area contributed by atoms with Gasteiger partial charge in [-0.05, 0) is 247 Å². The number of piperazine rings is 2. The van der Waals surface area contributed by atoms with Crippen LogP contribution in [-0.2, 0) is 60.0 Å². The van der Waals surface area contributed by atoms with Gasteiger partial charge in [-0.25, -0.2) is 0 Å². The number of imide groups is 2. The Kier molecular flexibility index (Phi) is 25.3. The van der Waals surface area contributed by atoms with Crippen molar-refractivity contribution in [3.63, 3.8) is 0 Å². The van der Waals surface area contributed by atoms with Crippen LogP contribution in [0.4, 0.5) is 22.7 Å². The van der Waals surface area contributed by atoms with Crippen LogP contribution in [-0.4, -0.2) is 177 Å². The molecule has 121 heavy (non-hydrogen) atoms. The van der Waals surface area contributed by atoms with Gasteiger partial charge in [0.2, 0.25) is 23.6 Å². The number of anilines is 4. The van der Waals surface area contributed by atoms with Crippen molar-refractivity contribution in [1.29, 1.82) is 0 Å². The molecule has 0 aromatic heterocycles. The lowest BCUT2D eigenvalue weighted by Crippen LogP contribution is -2.52. The van der Waals surface area contributed by atoms with E-state index in [0.29, 0.717) is 66.3 Å². The van der Waals surface area contributed by atoms with Crippen LogP contribution >= 0.6 is 0 Å². The van der Waals surface area contributed by atoms with Gasteiger partial charge >= 0.3 is 0 Å². The van der Waals surface area contributed by atoms with Gasteiger partial charge in [0.15, 0.2) is 0 Å². The van der Waals surface area contributed by atoms with E-state index >= 15 is 0 Å². The minimum absolute atomic E-state index is 0.0741. The van der Waals surface area contributed by atoms with Gasteiger partial charge < -0.3 is 49.7 Å². The molecule has 8 heterocycles. The highest BCUT2D eigenvalue weighted by Crippen LogP contribution is 2.50. The smallest absolute Gasteiger partial charge is 0.294 e. The molecule has 8 aliphatic heterocycles. The maximum absolute atomic E-state index is 13.2. The van der Waals surface area contributed by atoms with Crippen molar-refractivity contribution < 1.29 is 56.7 Å². The van der Waals surface area contributed by atoms with Gasteiger partial charge in [-0.15, -0.1) is 0 Å². The fourth-order valence-corrected chi connectivity index (χ4v) is 20.7. The molecule has 6 N–H and O–H groups in total. The molecule has 6 saturated heterocycles. The Balaban J connectivity index is 0.000000138. The van der Waals surface area contributed by atoms with Crippen LogP contribution in [0.1, 0.15) is 175 Å². The van der Waals surface area contributed by atoms with Gasteiger partial charge in [-0.2, -0.15) is 8.42 Å². The Hall–Kier alpha value is -11.5. The molecular weight excluding hydrogens is 1540 g/mol. The zero-order valence-electron chi connectivity index (χ0n) is 68.9. The van der Waals surface area contributed by atoms with Crippen molar-refractivity contribution in [3.05, 3.63) is 278 Å². The summed E-state index contributed by atoms with van der Waals surface area (Å²) in [6.07, 6.45) is 10.8. The lowest BCUT2D eigenvalue weighted by molar-refractivity contribution is -0.138. The first kappa shape index (κ1) is 83.2. The van der Waals surface area contributed by atoms with Crippen LogP contribution in [0.3, 0.4) is 0 Å². The maximum atomic E-state index is 13.2. The summed E-state index contributed by atoms with van der Waals surface area (Å²) in [5, 5.41) is 28.4. The van der Waals surface area contributed by atoms with Gasteiger partial charge in [-0.1, -0.05) is 115 Å². The largest absolute Gasteiger partial charge is 0.508 e. The van der Waals surface area contributed by atoms with Crippen molar-refractivity contribution in [1.82, 2.24) is 30.7 Å². The Labute approximate surface area is 708 Å². The van der Waals surface area contributed by atoms with Crippen LogP contribution in [0.15, 0.2) is 205 Å². The summed E-state index contributed by atoms with van der Waals surface area (Å²) in [6.45, 7) is 18.3. The number of phenolic OH excluding ortho intramolecular Hbond substituents is 2. The number of piperidine rings is 4. The second-order valence-electron chi connectivity index (χ2n) is 34.1. The van der Waals surface area contributed by atoms with Crippen molar-refractivity contribution in [3.8, 4) is 11.5 Å². The SMILES string of the molecule is Cc1cc([C@@H]2c3ccc(O)cc3CC[C@@H]2c2ccccc2)ccc1N1CCC(C=O)CC1.Cc1cc([C@@H]2c3ccc(O)cc3CC[C@@H]2c2ccccc2)ccc1N1CCC(CN2CCN(c3ccc4c(c3)CN([C@H]3CCC(=O)NC3=O)C4=O)CC2)CC1.O=C1CC[C@H](N2Cc3cc(N4CCNCC4)ccc3C2=O)C(=O)N1.O=S(=O)(O)c1ccccc1. The molecule has 0 spiro atoms. The summed E-state index contributed by atoms with van der Waals surface area (Å²) in [4.78, 5) is 99.9. The number of nitrogens with one attached hydrogen (secondary N) is 3. The minimum Gasteiger partial charge on any atom is -0.508 e. The molecule has 19 rings (SSSR count). The lowest BCUT2D eigenvalue weighted by Gasteiger charge is -2.40. The number of aryl methyl sites for hydroxylation is 4. The van der Waals surface area contributed by atoms with Crippen LogP contribution in [0, 0.1) is 25.7 Å². The molecule has 0 saturated carbocycles. The normalized spacial score (nSPS) is 22.0. The molecule has 22 nitrogen and oxygen atoms in total. The van der Waals surface area contributed by atoms with Gasteiger partial charge in [0, 0.05) is 163 Å². The first-order valence-electron chi connectivity index (χ1n) is 43.1. The lowest BCUT2D eigenvalue weighted by atomic mass is 9.69. The number of carbonyl (C=O) groups is 7. The summed E-state index contributed by atoms with van der Waals surface area (Å²) < 4.78 is 29.2. The average Bonchev–Trinajstić information content (AvgIpc) is 0.907. The summed E-state index contributed by atoms with van der Waals surface area (Å²) in [5.74, 6) is 1.45. The van der Waals surface area contributed by atoms with E-state index in [1.165, 1.54) is 92.0 Å². The van der Waals surface area contributed by atoms with E-state index in [4.69, 9.17) is 4.55 Å². The number of amides is 6. The Morgan fingerprint density at radius 1 is 0.421 bits per heavy atom. The number of rotatable bonds is 14. The Bertz CT molecular complexity index is 5430.